The maximum absolute atomic E-state index is 14.1. The van der Waals surface area contributed by atoms with E-state index >= 15 is 0 Å². The first-order chi connectivity index (χ1) is 16.4. The van der Waals surface area contributed by atoms with Gasteiger partial charge in [0.25, 0.3) is 5.91 Å². The number of amides is 1. The fraction of sp³-hybridized carbons (Fsp3) is 0.0870. The van der Waals surface area contributed by atoms with Gasteiger partial charge in [0.15, 0.2) is 10.0 Å². The third kappa shape index (κ3) is 4.80. The molecular formula is C23H15ClFN5O3S. The van der Waals surface area contributed by atoms with E-state index in [2.05, 4.69) is 15.2 Å². The molecule has 2 aromatic heterocycles. The molecule has 0 unspecified atom stereocenters. The molecule has 8 nitrogen and oxygen atoms in total. The zero-order valence-electron chi connectivity index (χ0n) is 17.6. The number of carbonyl (C=O) groups is 1. The van der Waals surface area contributed by atoms with Gasteiger partial charge in [-0.3, -0.25) is 4.79 Å². The molecule has 0 saturated heterocycles. The summed E-state index contributed by atoms with van der Waals surface area (Å²) in [7, 11) is 1.41. The van der Waals surface area contributed by atoms with Gasteiger partial charge in [-0.1, -0.05) is 22.9 Å². The van der Waals surface area contributed by atoms with Gasteiger partial charge < -0.3 is 15.2 Å². The lowest BCUT2D eigenvalue weighted by Crippen LogP contribution is -2.16. The van der Waals surface area contributed by atoms with Gasteiger partial charge in [0.05, 0.1) is 12.7 Å². The maximum atomic E-state index is 14.1. The van der Waals surface area contributed by atoms with Crippen LogP contribution in [0.15, 0.2) is 48.5 Å². The summed E-state index contributed by atoms with van der Waals surface area (Å²) in [6, 6.07) is 13.9. The number of carbonyl (C=O) groups excluding carboxylic acids is 1. The number of hydrogen-bond acceptors (Lipinski definition) is 8. The third-order valence-corrected chi connectivity index (χ3v) is 5.83. The van der Waals surface area contributed by atoms with Crippen LogP contribution < -0.4 is 15.2 Å². The van der Waals surface area contributed by atoms with Crippen LogP contribution in [0.5, 0.6) is 11.5 Å². The number of nitrogens with zero attached hydrogens (tertiary/aromatic N) is 4. The van der Waals surface area contributed by atoms with Gasteiger partial charge in [0.2, 0.25) is 0 Å². The molecule has 0 radical (unpaired) electrons. The number of pyridine rings is 1. The van der Waals surface area contributed by atoms with Crippen LogP contribution in [0.2, 0.25) is 5.02 Å². The minimum absolute atomic E-state index is 0.0181. The number of primary amides is 1. The minimum atomic E-state index is -0.831. The summed E-state index contributed by atoms with van der Waals surface area (Å²) in [5.41, 5.74) is 6.13. The largest absolute Gasteiger partial charge is 0.496 e. The molecular weight excluding hydrogens is 481 g/mol. The third-order valence-electron chi connectivity index (χ3n) is 4.68. The van der Waals surface area contributed by atoms with Crippen molar-refractivity contribution in [1.82, 2.24) is 15.2 Å². The second kappa shape index (κ2) is 9.82. The van der Waals surface area contributed by atoms with Crippen molar-refractivity contribution in [3.8, 4) is 39.4 Å². The van der Waals surface area contributed by atoms with Crippen LogP contribution >= 0.6 is 22.9 Å². The predicted octanol–water partition coefficient (Wildman–Crippen LogP) is 4.62. The number of ether oxygens (including phenoxy) is 2. The van der Waals surface area contributed by atoms with Crippen molar-refractivity contribution in [2.45, 2.75) is 6.61 Å². The lowest BCUT2D eigenvalue weighted by molar-refractivity contribution is 0.100. The molecule has 170 valence electrons. The van der Waals surface area contributed by atoms with E-state index in [1.54, 1.807) is 24.3 Å². The number of benzene rings is 2. The smallest absolute Gasteiger partial charge is 0.251 e. The highest BCUT2D eigenvalue weighted by Crippen LogP contribution is 2.38. The molecule has 2 heterocycles. The van der Waals surface area contributed by atoms with E-state index in [1.807, 2.05) is 6.07 Å². The van der Waals surface area contributed by atoms with Gasteiger partial charge in [-0.15, -0.1) is 10.2 Å². The van der Waals surface area contributed by atoms with E-state index in [0.717, 1.165) is 11.3 Å². The first-order valence-corrected chi connectivity index (χ1v) is 10.9. The van der Waals surface area contributed by atoms with Crippen molar-refractivity contribution < 1.29 is 18.7 Å². The van der Waals surface area contributed by atoms with Crippen molar-refractivity contribution in [3.63, 3.8) is 0 Å². The van der Waals surface area contributed by atoms with E-state index in [4.69, 9.17) is 26.8 Å². The summed E-state index contributed by atoms with van der Waals surface area (Å²) in [5.74, 6) is -0.508. The summed E-state index contributed by atoms with van der Waals surface area (Å²) < 4.78 is 25.1. The number of rotatable bonds is 7. The molecule has 0 aliphatic carbocycles. The first-order valence-electron chi connectivity index (χ1n) is 9.69. The van der Waals surface area contributed by atoms with Gasteiger partial charge in [-0.2, -0.15) is 5.26 Å². The lowest BCUT2D eigenvalue weighted by atomic mass is 9.96. The second-order valence-corrected chi connectivity index (χ2v) is 8.34. The van der Waals surface area contributed by atoms with E-state index in [9.17, 15) is 14.4 Å². The Kier molecular flexibility index (Phi) is 6.67. The second-order valence-electron chi connectivity index (χ2n) is 6.84. The quantitative estimate of drug-likeness (QED) is 0.396. The molecule has 4 rings (SSSR count). The van der Waals surface area contributed by atoms with Crippen LogP contribution in [0.25, 0.3) is 21.8 Å². The van der Waals surface area contributed by atoms with E-state index in [0.29, 0.717) is 21.5 Å². The lowest BCUT2D eigenvalue weighted by Gasteiger charge is -2.14. The molecule has 0 atom stereocenters. The van der Waals surface area contributed by atoms with Crippen molar-refractivity contribution >= 4 is 28.8 Å². The van der Waals surface area contributed by atoms with Crippen molar-refractivity contribution in [2.24, 2.45) is 5.73 Å². The Morgan fingerprint density at radius 2 is 1.94 bits per heavy atom. The zero-order chi connectivity index (χ0) is 24.2. The van der Waals surface area contributed by atoms with Crippen LogP contribution in [-0.2, 0) is 6.61 Å². The average molecular weight is 496 g/mol. The predicted molar refractivity (Wildman–Crippen MR) is 124 cm³/mol. The van der Waals surface area contributed by atoms with Crippen LogP contribution in [0.4, 0.5) is 4.39 Å². The summed E-state index contributed by atoms with van der Waals surface area (Å²) in [4.78, 5) is 16.7. The number of hydrogen-bond donors (Lipinski definition) is 1. The normalized spacial score (nSPS) is 10.5. The molecule has 0 aliphatic rings. The maximum Gasteiger partial charge on any atom is 0.251 e. The van der Waals surface area contributed by atoms with Gasteiger partial charge >= 0.3 is 0 Å². The SMILES string of the molecule is COc1ccc(F)cc1-c1cc(C#N)nc(-c2nnc(COc3ccc(Cl)cc3)s2)c1C(N)=O. The number of halogens is 2. The van der Waals surface area contributed by atoms with Crippen molar-refractivity contribution in [2.75, 3.05) is 7.11 Å². The average Bonchev–Trinajstić information content (AvgIpc) is 3.31. The van der Waals surface area contributed by atoms with Gasteiger partial charge in [-0.25, -0.2) is 9.37 Å². The molecule has 34 heavy (non-hydrogen) atoms. The van der Waals surface area contributed by atoms with Gasteiger partial charge in [0, 0.05) is 16.1 Å². The number of aromatic nitrogens is 3. The molecule has 2 N–H and O–H groups in total. The minimum Gasteiger partial charge on any atom is -0.496 e. The molecule has 0 saturated carbocycles. The number of methoxy groups -OCH3 is 1. The van der Waals surface area contributed by atoms with Crippen LogP contribution in [-0.4, -0.2) is 28.2 Å². The Morgan fingerprint density at radius 1 is 1.18 bits per heavy atom. The van der Waals surface area contributed by atoms with Crippen LogP contribution in [0.1, 0.15) is 21.1 Å². The Labute approximate surface area is 202 Å². The van der Waals surface area contributed by atoms with Crippen molar-refractivity contribution in [1.29, 1.82) is 5.26 Å². The molecule has 0 spiro atoms. The molecule has 11 heteroatoms. The molecule has 2 aromatic carbocycles. The molecule has 4 aromatic rings. The van der Waals surface area contributed by atoms with Crippen molar-refractivity contribution in [3.05, 3.63) is 75.6 Å². The highest BCUT2D eigenvalue weighted by molar-refractivity contribution is 7.14. The number of nitrogens with two attached hydrogens (primary N) is 1. The van der Waals surface area contributed by atoms with E-state index in [1.165, 1.54) is 31.4 Å². The van der Waals surface area contributed by atoms with E-state index in [-0.39, 0.29) is 39.7 Å². The Hall–Kier alpha value is -4.07. The summed E-state index contributed by atoms with van der Waals surface area (Å²) >= 11 is 7.00. The fourth-order valence-electron chi connectivity index (χ4n) is 3.19. The Balaban J connectivity index is 1.78. The Morgan fingerprint density at radius 3 is 2.62 bits per heavy atom. The summed E-state index contributed by atoms with van der Waals surface area (Å²) in [6.07, 6.45) is 0. The molecule has 0 bridgehead atoms. The highest BCUT2D eigenvalue weighted by atomic mass is 35.5. The Bertz CT molecular complexity index is 1420. The fourth-order valence-corrected chi connectivity index (χ4v) is 4.07. The molecule has 1 amide bonds. The molecule has 0 aliphatic heterocycles. The summed E-state index contributed by atoms with van der Waals surface area (Å²) in [5, 5.41) is 19.1. The van der Waals surface area contributed by atoms with Gasteiger partial charge in [-0.05, 0) is 48.5 Å². The monoisotopic (exact) mass is 495 g/mol. The van der Waals surface area contributed by atoms with Gasteiger partial charge in [0.1, 0.15) is 41.4 Å². The standard InChI is InChI=1S/C23H15ClFN5O3S/c1-32-18-7-4-13(25)8-16(18)17-9-14(10-26)28-21(20(17)22(27)31)23-30-29-19(34-23)11-33-15-5-2-12(24)3-6-15/h2-9H,11H2,1H3,(H2,27,31). The van der Waals surface area contributed by atoms with E-state index < -0.39 is 11.7 Å². The highest BCUT2D eigenvalue weighted by Gasteiger charge is 2.24. The van der Waals surface area contributed by atoms with Crippen LogP contribution in [0, 0.1) is 17.1 Å². The number of nitriles is 1. The molecule has 0 fully saturated rings. The zero-order valence-corrected chi connectivity index (χ0v) is 19.2. The first kappa shape index (κ1) is 23.1. The summed E-state index contributed by atoms with van der Waals surface area (Å²) in [6.45, 7) is 0.105. The van der Waals surface area contributed by atoms with Crippen LogP contribution in [0.3, 0.4) is 0 Å². The topological polar surface area (TPSA) is 124 Å².